The van der Waals surface area contributed by atoms with Crippen LogP contribution in [0.25, 0.3) is 0 Å². The van der Waals surface area contributed by atoms with E-state index in [0.717, 1.165) is 6.54 Å². The first-order valence-corrected chi connectivity index (χ1v) is 7.31. The van der Waals surface area contributed by atoms with Crippen LogP contribution in [0.15, 0.2) is 12.4 Å². The summed E-state index contributed by atoms with van der Waals surface area (Å²) in [4.78, 5) is 19.1. The summed E-state index contributed by atoms with van der Waals surface area (Å²) in [5.74, 6) is -0.00401. The van der Waals surface area contributed by atoms with Gasteiger partial charge in [-0.25, -0.2) is 14.8 Å². The van der Waals surface area contributed by atoms with Gasteiger partial charge in [-0.15, -0.1) is 0 Å². The standard InChI is InChI=1S/C15H23N3O2/c1-11(2)9-15(5-3-4-6-15)10-18-13-12(14(19)20)16-7-8-17-13/h7-8,11H,3-6,9-10H2,1-2H3,(H,17,18)(H,19,20). The van der Waals surface area contributed by atoms with Crippen molar-refractivity contribution in [3.8, 4) is 0 Å². The Balaban J connectivity index is 2.08. The van der Waals surface area contributed by atoms with Gasteiger partial charge in [0.1, 0.15) is 0 Å². The molecule has 5 nitrogen and oxygen atoms in total. The number of carboxylic acid groups (broad SMARTS) is 1. The van der Waals surface area contributed by atoms with Crippen LogP contribution < -0.4 is 5.32 Å². The predicted octanol–water partition coefficient (Wildman–Crippen LogP) is 3.19. The van der Waals surface area contributed by atoms with Gasteiger partial charge in [0, 0.05) is 18.9 Å². The van der Waals surface area contributed by atoms with E-state index in [0.29, 0.717) is 11.7 Å². The summed E-state index contributed by atoms with van der Waals surface area (Å²) in [5.41, 5.74) is 0.284. The summed E-state index contributed by atoms with van der Waals surface area (Å²) >= 11 is 0. The van der Waals surface area contributed by atoms with Crippen LogP contribution in [0.5, 0.6) is 0 Å². The highest BCUT2D eigenvalue weighted by Gasteiger charge is 2.34. The molecule has 110 valence electrons. The SMILES string of the molecule is CC(C)CC1(CNc2nccnc2C(=O)O)CCCC1. The van der Waals surface area contributed by atoms with Crippen molar-refractivity contribution in [1.82, 2.24) is 9.97 Å². The molecule has 5 heteroatoms. The molecule has 0 unspecified atom stereocenters. The first-order chi connectivity index (χ1) is 9.52. The number of aromatic carboxylic acids is 1. The van der Waals surface area contributed by atoms with Crippen molar-refractivity contribution in [1.29, 1.82) is 0 Å². The second-order valence-corrected chi connectivity index (χ2v) is 6.22. The van der Waals surface area contributed by atoms with Crippen LogP contribution in [0.3, 0.4) is 0 Å². The second-order valence-electron chi connectivity index (χ2n) is 6.22. The monoisotopic (exact) mass is 277 g/mol. The Morgan fingerprint density at radius 2 is 2.00 bits per heavy atom. The molecule has 1 aliphatic rings. The van der Waals surface area contributed by atoms with Gasteiger partial charge in [-0.05, 0) is 30.6 Å². The van der Waals surface area contributed by atoms with Crippen LogP contribution in [0.2, 0.25) is 0 Å². The normalized spacial score (nSPS) is 17.4. The molecule has 0 atom stereocenters. The fraction of sp³-hybridized carbons (Fsp3) is 0.667. The van der Waals surface area contributed by atoms with E-state index in [2.05, 4.69) is 29.1 Å². The Hall–Kier alpha value is -1.65. The molecule has 1 aliphatic carbocycles. The summed E-state index contributed by atoms with van der Waals surface area (Å²) in [6, 6.07) is 0. The first-order valence-electron chi connectivity index (χ1n) is 7.31. The molecule has 0 aliphatic heterocycles. The Bertz CT molecular complexity index is 468. The molecule has 0 aromatic carbocycles. The Morgan fingerprint density at radius 3 is 2.60 bits per heavy atom. The highest BCUT2D eigenvalue weighted by atomic mass is 16.4. The van der Waals surface area contributed by atoms with Crippen molar-refractivity contribution >= 4 is 11.8 Å². The molecule has 1 saturated carbocycles. The van der Waals surface area contributed by atoms with Crippen LogP contribution in [-0.4, -0.2) is 27.6 Å². The molecular formula is C15H23N3O2. The molecule has 2 rings (SSSR count). The minimum absolute atomic E-state index is 0.00481. The molecule has 20 heavy (non-hydrogen) atoms. The maximum Gasteiger partial charge on any atom is 0.358 e. The quantitative estimate of drug-likeness (QED) is 0.835. The van der Waals surface area contributed by atoms with Gasteiger partial charge >= 0.3 is 5.97 Å². The largest absolute Gasteiger partial charge is 0.476 e. The maximum atomic E-state index is 11.1. The lowest BCUT2D eigenvalue weighted by atomic mass is 9.78. The zero-order chi connectivity index (χ0) is 14.6. The van der Waals surface area contributed by atoms with E-state index in [4.69, 9.17) is 5.11 Å². The Labute approximate surface area is 119 Å². The van der Waals surface area contributed by atoms with Gasteiger partial charge in [-0.2, -0.15) is 0 Å². The topological polar surface area (TPSA) is 75.1 Å². The van der Waals surface area contributed by atoms with Crippen molar-refractivity contribution < 1.29 is 9.90 Å². The minimum atomic E-state index is -1.04. The van der Waals surface area contributed by atoms with Crippen molar-refractivity contribution in [2.24, 2.45) is 11.3 Å². The summed E-state index contributed by atoms with van der Waals surface area (Å²) in [5, 5.41) is 12.4. The van der Waals surface area contributed by atoms with E-state index in [1.54, 1.807) is 0 Å². The number of nitrogens with zero attached hydrogens (tertiary/aromatic N) is 2. The van der Waals surface area contributed by atoms with E-state index in [9.17, 15) is 4.79 Å². The van der Waals surface area contributed by atoms with Crippen LogP contribution >= 0.6 is 0 Å². The van der Waals surface area contributed by atoms with Gasteiger partial charge in [0.2, 0.25) is 0 Å². The van der Waals surface area contributed by atoms with Crippen LogP contribution in [0.1, 0.15) is 56.4 Å². The smallest absolute Gasteiger partial charge is 0.358 e. The van der Waals surface area contributed by atoms with Crippen molar-refractivity contribution in [2.75, 3.05) is 11.9 Å². The van der Waals surface area contributed by atoms with Crippen LogP contribution in [-0.2, 0) is 0 Å². The summed E-state index contributed by atoms with van der Waals surface area (Å²) in [7, 11) is 0. The molecule has 0 amide bonds. The molecule has 1 aromatic rings. The minimum Gasteiger partial charge on any atom is -0.476 e. The highest BCUT2D eigenvalue weighted by molar-refractivity contribution is 5.90. The van der Waals surface area contributed by atoms with E-state index in [1.165, 1.54) is 44.5 Å². The third-order valence-electron chi connectivity index (χ3n) is 4.04. The average Bonchev–Trinajstić information content (AvgIpc) is 2.84. The number of hydrogen-bond acceptors (Lipinski definition) is 4. The molecule has 0 saturated heterocycles. The van der Waals surface area contributed by atoms with Gasteiger partial charge < -0.3 is 10.4 Å². The van der Waals surface area contributed by atoms with Crippen molar-refractivity contribution in [3.63, 3.8) is 0 Å². The molecule has 0 radical (unpaired) electrons. The lowest BCUT2D eigenvalue weighted by molar-refractivity contribution is 0.0691. The van der Waals surface area contributed by atoms with Gasteiger partial charge in [0.25, 0.3) is 0 Å². The molecule has 0 spiro atoms. The highest BCUT2D eigenvalue weighted by Crippen LogP contribution is 2.43. The maximum absolute atomic E-state index is 11.1. The van der Waals surface area contributed by atoms with E-state index in [-0.39, 0.29) is 11.1 Å². The van der Waals surface area contributed by atoms with Gasteiger partial charge in [0.15, 0.2) is 11.5 Å². The van der Waals surface area contributed by atoms with Gasteiger partial charge in [-0.1, -0.05) is 26.7 Å². The molecule has 1 heterocycles. The third-order valence-corrected chi connectivity index (χ3v) is 4.04. The molecular weight excluding hydrogens is 254 g/mol. The fourth-order valence-corrected chi connectivity index (χ4v) is 3.34. The molecule has 2 N–H and O–H groups in total. The number of rotatable bonds is 6. The van der Waals surface area contributed by atoms with Crippen molar-refractivity contribution in [2.45, 2.75) is 46.0 Å². The third kappa shape index (κ3) is 3.46. The van der Waals surface area contributed by atoms with E-state index < -0.39 is 5.97 Å². The number of nitrogens with one attached hydrogen (secondary N) is 1. The number of hydrogen-bond donors (Lipinski definition) is 2. The fourth-order valence-electron chi connectivity index (χ4n) is 3.34. The lowest BCUT2D eigenvalue weighted by Gasteiger charge is -2.31. The van der Waals surface area contributed by atoms with Gasteiger partial charge in [0.05, 0.1) is 0 Å². The predicted molar refractivity (Wildman–Crippen MR) is 77.8 cm³/mol. The van der Waals surface area contributed by atoms with E-state index in [1.807, 2.05) is 0 Å². The Kier molecular flexibility index (Phi) is 4.57. The number of carbonyl (C=O) groups is 1. The lowest BCUT2D eigenvalue weighted by Crippen LogP contribution is -2.29. The number of anilines is 1. The summed E-state index contributed by atoms with van der Waals surface area (Å²) in [6.45, 7) is 5.26. The molecule has 1 fully saturated rings. The number of carboxylic acids is 1. The van der Waals surface area contributed by atoms with Gasteiger partial charge in [-0.3, -0.25) is 0 Å². The second kappa shape index (κ2) is 6.20. The zero-order valence-corrected chi connectivity index (χ0v) is 12.2. The number of aromatic nitrogens is 2. The molecule has 1 aromatic heterocycles. The van der Waals surface area contributed by atoms with Crippen molar-refractivity contribution in [3.05, 3.63) is 18.1 Å². The Morgan fingerprint density at radius 1 is 1.35 bits per heavy atom. The molecule has 0 bridgehead atoms. The van der Waals surface area contributed by atoms with E-state index >= 15 is 0 Å². The first kappa shape index (κ1) is 14.8. The summed E-state index contributed by atoms with van der Waals surface area (Å²) < 4.78 is 0. The average molecular weight is 277 g/mol. The zero-order valence-electron chi connectivity index (χ0n) is 12.2. The summed E-state index contributed by atoms with van der Waals surface area (Å²) in [6.07, 6.45) is 9.05. The van der Waals surface area contributed by atoms with Crippen LogP contribution in [0.4, 0.5) is 5.82 Å². The van der Waals surface area contributed by atoms with Crippen LogP contribution in [0, 0.1) is 11.3 Å².